The van der Waals surface area contributed by atoms with Gasteiger partial charge in [-0.15, -0.1) is 0 Å². The van der Waals surface area contributed by atoms with Crippen LogP contribution < -0.4 is 4.74 Å². The zero-order valence-electron chi connectivity index (χ0n) is 12.1. The van der Waals surface area contributed by atoms with Gasteiger partial charge in [-0.2, -0.15) is 4.31 Å². The first-order chi connectivity index (χ1) is 10.8. The highest BCUT2D eigenvalue weighted by molar-refractivity contribution is 8.14. The molecule has 0 aromatic heterocycles. The van der Waals surface area contributed by atoms with Crippen molar-refractivity contribution in [2.75, 3.05) is 26.0 Å². The molecule has 10 heteroatoms. The van der Waals surface area contributed by atoms with E-state index in [1.807, 2.05) is 0 Å². The number of nitrogens with zero attached hydrogens (tertiary/aromatic N) is 2. The molecule has 0 spiro atoms. The van der Waals surface area contributed by atoms with Crippen LogP contribution in [-0.4, -0.2) is 60.8 Å². The second-order valence-electron chi connectivity index (χ2n) is 5.09. The second kappa shape index (κ2) is 5.97. The molecule has 0 atom stereocenters. The van der Waals surface area contributed by atoms with Crippen molar-refractivity contribution in [1.82, 2.24) is 9.21 Å². The Bertz CT molecular complexity index is 761. The maximum atomic E-state index is 12.7. The zero-order chi connectivity index (χ0) is 16.8. The van der Waals surface area contributed by atoms with Gasteiger partial charge in [-0.25, -0.2) is 8.42 Å². The minimum Gasteiger partial charge on any atom is -0.495 e. The van der Waals surface area contributed by atoms with E-state index in [1.165, 1.54) is 29.6 Å². The molecular weight excluding hydrogens is 364 g/mol. The van der Waals surface area contributed by atoms with E-state index in [0.717, 1.165) is 16.7 Å². The van der Waals surface area contributed by atoms with Crippen LogP contribution in [0.2, 0.25) is 5.02 Å². The molecule has 2 aliphatic rings. The van der Waals surface area contributed by atoms with Gasteiger partial charge in [0.25, 0.3) is 5.24 Å². The molecule has 2 amide bonds. The standard InChI is InChI=1S/C13H13ClN2O5S2/c1-21-10-3-2-8(14)4-11(10)23(19,20)15-5-9(6-15)16-12(17)7-22-13(16)18/h2-4,9H,5-7H2,1H3. The lowest BCUT2D eigenvalue weighted by Gasteiger charge is -2.41. The summed E-state index contributed by atoms with van der Waals surface area (Å²) in [5.74, 6) is 0.0358. The topological polar surface area (TPSA) is 84.0 Å². The van der Waals surface area contributed by atoms with Crippen molar-refractivity contribution in [3.63, 3.8) is 0 Å². The van der Waals surface area contributed by atoms with E-state index in [0.29, 0.717) is 0 Å². The Morgan fingerprint density at radius 2 is 2.00 bits per heavy atom. The van der Waals surface area contributed by atoms with Crippen LogP contribution in [0.15, 0.2) is 23.1 Å². The zero-order valence-corrected chi connectivity index (χ0v) is 14.4. The summed E-state index contributed by atoms with van der Waals surface area (Å²) in [5.41, 5.74) is 0. The summed E-state index contributed by atoms with van der Waals surface area (Å²) in [4.78, 5) is 24.4. The molecule has 7 nitrogen and oxygen atoms in total. The summed E-state index contributed by atoms with van der Waals surface area (Å²) in [6.45, 7) is 0.159. The number of hydrogen-bond donors (Lipinski definition) is 0. The Morgan fingerprint density at radius 1 is 1.30 bits per heavy atom. The van der Waals surface area contributed by atoms with Crippen LogP contribution in [0.5, 0.6) is 5.75 Å². The van der Waals surface area contributed by atoms with Gasteiger partial charge >= 0.3 is 0 Å². The van der Waals surface area contributed by atoms with Gasteiger partial charge in [0.1, 0.15) is 10.6 Å². The highest BCUT2D eigenvalue weighted by Crippen LogP contribution is 2.34. The number of imide groups is 1. The van der Waals surface area contributed by atoms with Gasteiger partial charge in [0.05, 0.1) is 18.9 Å². The van der Waals surface area contributed by atoms with E-state index >= 15 is 0 Å². The van der Waals surface area contributed by atoms with Gasteiger partial charge in [-0.1, -0.05) is 23.4 Å². The molecule has 3 rings (SSSR count). The van der Waals surface area contributed by atoms with Crippen molar-refractivity contribution >= 4 is 44.5 Å². The number of carbonyl (C=O) groups is 2. The van der Waals surface area contributed by atoms with Crippen molar-refractivity contribution < 1.29 is 22.7 Å². The second-order valence-corrected chi connectivity index (χ2v) is 8.36. The van der Waals surface area contributed by atoms with Crippen LogP contribution in [-0.2, 0) is 14.8 Å². The fourth-order valence-corrected chi connectivity index (χ4v) is 5.19. The normalized spacial score (nSPS) is 20.0. The SMILES string of the molecule is COc1ccc(Cl)cc1S(=O)(=O)N1CC(N2C(=O)CSC2=O)C1. The summed E-state index contributed by atoms with van der Waals surface area (Å²) < 4.78 is 31.6. The molecule has 124 valence electrons. The molecular formula is C13H13ClN2O5S2. The minimum atomic E-state index is -3.80. The molecule has 2 aliphatic heterocycles. The number of rotatable bonds is 4. The van der Waals surface area contributed by atoms with E-state index in [9.17, 15) is 18.0 Å². The molecule has 0 aliphatic carbocycles. The molecule has 23 heavy (non-hydrogen) atoms. The van der Waals surface area contributed by atoms with E-state index in [-0.39, 0.29) is 45.7 Å². The number of carbonyl (C=O) groups excluding carboxylic acids is 2. The monoisotopic (exact) mass is 376 g/mol. The Morgan fingerprint density at radius 3 is 2.57 bits per heavy atom. The highest BCUT2D eigenvalue weighted by Gasteiger charge is 2.46. The fraction of sp³-hybridized carbons (Fsp3) is 0.385. The van der Waals surface area contributed by atoms with Gasteiger partial charge in [0.2, 0.25) is 15.9 Å². The van der Waals surface area contributed by atoms with E-state index < -0.39 is 16.1 Å². The predicted octanol–water partition coefficient (Wildman–Crippen LogP) is 1.42. The number of methoxy groups -OCH3 is 1. The predicted molar refractivity (Wildman–Crippen MR) is 85.3 cm³/mol. The molecule has 2 heterocycles. The number of thioether (sulfide) groups is 1. The smallest absolute Gasteiger partial charge is 0.289 e. The van der Waals surface area contributed by atoms with Crippen molar-refractivity contribution in [2.24, 2.45) is 0 Å². The van der Waals surface area contributed by atoms with Crippen molar-refractivity contribution in [2.45, 2.75) is 10.9 Å². The van der Waals surface area contributed by atoms with Crippen molar-refractivity contribution in [3.05, 3.63) is 23.2 Å². The number of ether oxygens (including phenoxy) is 1. The first-order valence-electron chi connectivity index (χ1n) is 6.67. The first kappa shape index (κ1) is 16.6. The highest BCUT2D eigenvalue weighted by atomic mass is 35.5. The van der Waals surface area contributed by atoms with Crippen LogP contribution in [0.1, 0.15) is 0 Å². The number of amides is 2. The quantitative estimate of drug-likeness (QED) is 0.790. The number of sulfonamides is 1. The van der Waals surface area contributed by atoms with Gasteiger partial charge in [0.15, 0.2) is 0 Å². The largest absolute Gasteiger partial charge is 0.495 e. The van der Waals surface area contributed by atoms with Crippen LogP contribution in [0, 0.1) is 0 Å². The molecule has 1 aromatic carbocycles. The Kier molecular flexibility index (Phi) is 4.30. The van der Waals surface area contributed by atoms with Crippen LogP contribution in [0.25, 0.3) is 0 Å². The van der Waals surface area contributed by atoms with E-state index in [2.05, 4.69) is 0 Å². The maximum Gasteiger partial charge on any atom is 0.289 e. The van der Waals surface area contributed by atoms with Gasteiger partial charge in [-0.05, 0) is 18.2 Å². The molecule has 1 aromatic rings. The summed E-state index contributed by atoms with van der Waals surface area (Å²) in [7, 11) is -2.42. The third kappa shape index (κ3) is 2.82. The maximum absolute atomic E-state index is 12.7. The average molecular weight is 377 g/mol. The molecule has 0 radical (unpaired) electrons. The summed E-state index contributed by atoms with van der Waals surface area (Å²) >= 11 is 6.81. The number of hydrogen-bond acceptors (Lipinski definition) is 6. The molecule has 2 fully saturated rings. The van der Waals surface area contributed by atoms with Crippen LogP contribution in [0.4, 0.5) is 4.79 Å². The van der Waals surface area contributed by atoms with E-state index in [4.69, 9.17) is 16.3 Å². The third-order valence-electron chi connectivity index (χ3n) is 3.72. The lowest BCUT2D eigenvalue weighted by atomic mass is 10.1. The summed E-state index contributed by atoms with van der Waals surface area (Å²) in [5, 5.41) is -0.0415. The Hall–Kier alpha value is -1.29. The number of halogens is 1. The summed E-state index contributed by atoms with van der Waals surface area (Å²) in [6.07, 6.45) is 0. The first-order valence-corrected chi connectivity index (χ1v) is 9.47. The Labute approximate surface area is 142 Å². The average Bonchev–Trinajstić information content (AvgIpc) is 2.78. The molecule has 0 N–H and O–H groups in total. The van der Waals surface area contributed by atoms with Gasteiger partial charge < -0.3 is 4.74 Å². The number of benzene rings is 1. The van der Waals surface area contributed by atoms with Crippen LogP contribution in [0.3, 0.4) is 0 Å². The fourth-order valence-electron chi connectivity index (χ4n) is 2.48. The van der Waals surface area contributed by atoms with Gasteiger partial charge in [0, 0.05) is 18.1 Å². The van der Waals surface area contributed by atoms with Gasteiger partial charge in [-0.3, -0.25) is 14.5 Å². The van der Waals surface area contributed by atoms with Crippen molar-refractivity contribution in [1.29, 1.82) is 0 Å². The summed E-state index contributed by atoms with van der Waals surface area (Å²) in [6, 6.07) is 3.93. The van der Waals surface area contributed by atoms with E-state index in [1.54, 1.807) is 0 Å². The third-order valence-corrected chi connectivity index (χ3v) is 6.64. The lowest BCUT2D eigenvalue weighted by molar-refractivity contribution is -0.127. The Balaban J connectivity index is 1.80. The van der Waals surface area contributed by atoms with Crippen LogP contribution >= 0.6 is 23.4 Å². The minimum absolute atomic E-state index is 0.0283. The molecule has 2 saturated heterocycles. The lowest BCUT2D eigenvalue weighted by Crippen LogP contribution is -2.61. The molecule has 0 bridgehead atoms. The van der Waals surface area contributed by atoms with Crippen molar-refractivity contribution in [3.8, 4) is 5.75 Å². The molecule has 0 saturated carbocycles. The molecule has 0 unspecified atom stereocenters.